The summed E-state index contributed by atoms with van der Waals surface area (Å²) < 4.78 is 14.0. The third kappa shape index (κ3) is 4.95. The summed E-state index contributed by atoms with van der Waals surface area (Å²) in [5, 5.41) is 14.2. The Kier molecular flexibility index (Phi) is 7.26. The third-order valence-electron chi connectivity index (χ3n) is 8.21. The Balaban J connectivity index is 1.35. The van der Waals surface area contributed by atoms with E-state index in [0.717, 1.165) is 42.8 Å². The normalized spacial score (nSPS) is 20.8. The summed E-state index contributed by atoms with van der Waals surface area (Å²) in [7, 11) is 2.12. The SMILES string of the molecule is C=CC(=O)N1CCN(c2nc(OCC3CCCN3C)nn3c(Cc4cccc5c4OCC5)cnc23)CC1CC#N. The number of anilines is 1. The van der Waals surface area contributed by atoms with Gasteiger partial charge in [0.05, 0.1) is 37.0 Å². The molecule has 0 bridgehead atoms. The smallest absolute Gasteiger partial charge is 0.336 e. The van der Waals surface area contributed by atoms with Gasteiger partial charge in [-0.2, -0.15) is 10.2 Å². The number of rotatable bonds is 8. The first-order valence-corrected chi connectivity index (χ1v) is 13.9. The molecule has 0 saturated carbocycles. The number of hydrogen-bond donors (Lipinski definition) is 0. The van der Waals surface area contributed by atoms with Gasteiger partial charge in [0, 0.05) is 44.1 Å². The van der Waals surface area contributed by atoms with Gasteiger partial charge in [0.1, 0.15) is 12.4 Å². The Morgan fingerprint density at radius 1 is 1.30 bits per heavy atom. The first kappa shape index (κ1) is 26.1. The molecule has 0 spiro atoms. The van der Waals surface area contributed by atoms with Crippen LogP contribution < -0.4 is 14.4 Å². The van der Waals surface area contributed by atoms with Crippen molar-refractivity contribution in [1.29, 1.82) is 5.26 Å². The lowest BCUT2D eigenvalue weighted by Crippen LogP contribution is -2.55. The first-order valence-electron chi connectivity index (χ1n) is 13.9. The van der Waals surface area contributed by atoms with Gasteiger partial charge in [0.2, 0.25) is 5.91 Å². The van der Waals surface area contributed by atoms with Crippen molar-refractivity contribution < 1.29 is 14.3 Å². The molecule has 208 valence electrons. The van der Waals surface area contributed by atoms with Gasteiger partial charge >= 0.3 is 6.01 Å². The van der Waals surface area contributed by atoms with E-state index in [1.807, 2.05) is 10.7 Å². The molecular formula is C29H34N8O3. The fraction of sp³-hybridized carbons (Fsp3) is 0.483. The number of aromatic nitrogens is 4. The van der Waals surface area contributed by atoms with Crippen molar-refractivity contribution in [3.8, 4) is 17.8 Å². The summed E-state index contributed by atoms with van der Waals surface area (Å²) in [4.78, 5) is 28.1. The molecule has 11 heteroatoms. The molecular weight excluding hydrogens is 508 g/mol. The number of benzene rings is 1. The van der Waals surface area contributed by atoms with Crippen molar-refractivity contribution in [3.05, 3.63) is 53.9 Å². The molecule has 0 aliphatic carbocycles. The number of nitrogens with zero attached hydrogens (tertiary/aromatic N) is 8. The monoisotopic (exact) mass is 542 g/mol. The van der Waals surface area contributed by atoms with Crippen LogP contribution in [0.25, 0.3) is 5.65 Å². The zero-order chi connectivity index (χ0) is 27.6. The van der Waals surface area contributed by atoms with Crippen molar-refractivity contribution in [3.63, 3.8) is 0 Å². The second-order valence-corrected chi connectivity index (χ2v) is 10.7. The van der Waals surface area contributed by atoms with E-state index in [-0.39, 0.29) is 24.4 Å². The van der Waals surface area contributed by atoms with Gasteiger partial charge in [-0.1, -0.05) is 24.8 Å². The Labute approximate surface area is 233 Å². The number of carbonyl (C=O) groups is 1. The maximum Gasteiger partial charge on any atom is 0.336 e. The van der Waals surface area contributed by atoms with Crippen LogP contribution in [0.4, 0.5) is 5.82 Å². The second kappa shape index (κ2) is 11.1. The molecule has 2 saturated heterocycles. The number of ether oxygens (including phenoxy) is 2. The van der Waals surface area contributed by atoms with E-state index in [1.165, 1.54) is 11.6 Å². The summed E-state index contributed by atoms with van der Waals surface area (Å²) in [6.45, 7) is 7.34. The van der Waals surface area contributed by atoms with Gasteiger partial charge in [-0.15, -0.1) is 5.10 Å². The van der Waals surface area contributed by atoms with Gasteiger partial charge in [0.25, 0.3) is 0 Å². The number of amides is 1. The maximum absolute atomic E-state index is 12.5. The van der Waals surface area contributed by atoms with Crippen molar-refractivity contribution in [2.45, 2.75) is 44.2 Å². The van der Waals surface area contributed by atoms with Crippen molar-refractivity contribution in [1.82, 2.24) is 29.4 Å². The Morgan fingerprint density at radius 2 is 2.20 bits per heavy atom. The Morgan fingerprint density at radius 3 is 3.00 bits per heavy atom. The summed E-state index contributed by atoms with van der Waals surface area (Å²) in [5.41, 5.74) is 3.84. The fourth-order valence-corrected chi connectivity index (χ4v) is 6.00. The average Bonchev–Trinajstić information content (AvgIpc) is 3.72. The molecule has 2 unspecified atom stereocenters. The highest BCUT2D eigenvalue weighted by Crippen LogP contribution is 2.32. The van der Waals surface area contributed by atoms with Crippen LogP contribution in [0, 0.1) is 11.3 Å². The maximum atomic E-state index is 12.5. The number of para-hydroxylation sites is 1. The molecule has 3 aliphatic heterocycles. The highest BCUT2D eigenvalue weighted by Gasteiger charge is 2.32. The van der Waals surface area contributed by atoms with Gasteiger partial charge in [-0.25, -0.2) is 9.50 Å². The topological polar surface area (TPSA) is 112 Å². The molecule has 3 aromatic rings. The number of imidazole rings is 1. The molecule has 11 nitrogen and oxygen atoms in total. The van der Waals surface area contributed by atoms with E-state index >= 15 is 0 Å². The van der Waals surface area contributed by atoms with Gasteiger partial charge in [-0.3, -0.25) is 4.79 Å². The van der Waals surface area contributed by atoms with E-state index in [1.54, 1.807) is 4.90 Å². The predicted molar refractivity (Wildman–Crippen MR) is 149 cm³/mol. The average molecular weight is 543 g/mol. The Bertz CT molecular complexity index is 1460. The molecule has 2 fully saturated rings. The summed E-state index contributed by atoms with van der Waals surface area (Å²) in [5.74, 6) is 1.42. The molecule has 1 amide bonds. The number of hydrogen-bond acceptors (Lipinski definition) is 9. The molecule has 5 heterocycles. The van der Waals surface area contributed by atoms with E-state index in [4.69, 9.17) is 24.5 Å². The van der Waals surface area contributed by atoms with Crippen LogP contribution in [0.5, 0.6) is 11.8 Å². The number of fused-ring (bicyclic) bond motifs is 2. The molecule has 6 rings (SSSR count). The molecule has 1 aromatic carbocycles. The van der Waals surface area contributed by atoms with Crippen LogP contribution >= 0.6 is 0 Å². The zero-order valence-electron chi connectivity index (χ0n) is 22.8. The highest BCUT2D eigenvalue weighted by molar-refractivity contribution is 5.87. The number of carbonyl (C=O) groups excluding carboxylic acids is 1. The molecule has 2 atom stereocenters. The van der Waals surface area contributed by atoms with E-state index in [2.05, 4.69) is 47.7 Å². The van der Waals surface area contributed by atoms with E-state index in [0.29, 0.717) is 56.8 Å². The van der Waals surface area contributed by atoms with Crippen LogP contribution in [-0.2, 0) is 17.6 Å². The van der Waals surface area contributed by atoms with Crippen LogP contribution in [0.2, 0.25) is 0 Å². The van der Waals surface area contributed by atoms with Crippen LogP contribution in [0.3, 0.4) is 0 Å². The van der Waals surface area contributed by atoms with Gasteiger partial charge in [0.15, 0.2) is 11.5 Å². The molecule has 40 heavy (non-hydrogen) atoms. The number of piperazine rings is 1. The minimum Gasteiger partial charge on any atom is -0.493 e. The second-order valence-electron chi connectivity index (χ2n) is 10.7. The lowest BCUT2D eigenvalue weighted by Gasteiger charge is -2.40. The first-order chi connectivity index (χ1) is 19.6. The number of likely N-dealkylation sites (N-methyl/N-ethyl adjacent to an activating group) is 1. The van der Waals surface area contributed by atoms with Crippen LogP contribution in [0.15, 0.2) is 37.1 Å². The van der Waals surface area contributed by atoms with E-state index in [9.17, 15) is 10.1 Å². The Hall–Kier alpha value is -4.17. The lowest BCUT2D eigenvalue weighted by atomic mass is 10.0. The fourth-order valence-electron chi connectivity index (χ4n) is 6.00. The van der Waals surface area contributed by atoms with Crippen LogP contribution in [0.1, 0.15) is 36.1 Å². The summed E-state index contributed by atoms with van der Waals surface area (Å²) in [6, 6.07) is 8.82. The lowest BCUT2D eigenvalue weighted by molar-refractivity contribution is -0.128. The summed E-state index contributed by atoms with van der Waals surface area (Å²) >= 11 is 0. The van der Waals surface area contributed by atoms with E-state index < -0.39 is 0 Å². The zero-order valence-corrected chi connectivity index (χ0v) is 22.8. The molecule has 0 radical (unpaired) electrons. The quantitative estimate of drug-likeness (QED) is 0.396. The van der Waals surface area contributed by atoms with Gasteiger partial charge in [-0.05, 0) is 38.1 Å². The molecule has 2 aromatic heterocycles. The van der Waals surface area contributed by atoms with Crippen LogP contribution in [-0.4, -0.2) is 93.8 Å². The minimum absolute atomic E-state index is 0.168. The number of likely N-dealkylation sites (tertiary alicyclic amines) is 1. The predicted octanol–water partition coefficient (Wildman–Crippen LogP) is 2.24. The highest BCUT2D eigenvalue weighted by atomic mass is 16.5. The van der Waals surface area contributed by atoms with Gasteiger partial charge < -0.3 is 24.2 Å². The summed E-state index contributed by atoms with van der Waals surface area (Å²) in [6.07, 6.45) is 7.10. The van der Waals surface area contributed by atoms with Crippen molar-refractivity contribution in [2.75, 3.05) is 51.3 Å². The van der Waals surface area contributed by atoms with Crippen molar-refractivity contribution in [2.24, 2.45) is 0 Å². The third-order valence-corrected chi connectivity index (χ3v) is 8.21. The standard InChI is InChI=1S/C29H34N8O3/c1-3-25(38)36-14-13-35(18-22(36)9-11-30)28-27-31-17-24(16-21-7-4-6-20-10-15-39-26(20)21)37(27)33-29(32-28)40-19-23-8-5-12-34(23)2/h3-4,6-7,17,22-23H,1,5,8-10,12-16,18-19H2,2H3. The molecule has 3 aliphatic rings. The largest absolute Gasteiger partial charge is 0.493 e. The molecule has 0 N–H and O–H groups in total. The minimum atomic E-state index is -0.283. The van der Waals surface area contributed by atoms with Crippen molar-refractivity contribution >= 4 is 17.4 Å². The number of nitriles is 1.